The first-order valence-electron chi connectivity index (χ1n) is 7.64. The number of halogens is 1. The topological polar surface area (TPSA) is 108 Å². The number of amides is 1. The molecule has 0 spiro atoms. The maximum absolute atomic E-state index is 12.1. The van der Waals surface area contributed by atoms with Crippen LogP contribution in [-0.2, 0) is 17.1 Å². The maximum Gasteiger partial charge on any atom is 0.266 e. The Hall–Kier alpha value is -2.35. The summed E-state index contributed by atoms with van der Waals surface area (Å²) in [7, 11) is -2.09. The van der Waals surface area contributed by atoms with Crippen LogP contribution in [0.1, 0.15) is 21.6 Å². The molecule has 0 unspecified atom stereocenters. The minimum atomic E-state index is -3.85. The van der Waals surface area contributed by atoms with Crippen molar-refractivity contribution in [3.8, 4) is 11.1 Å². The van der Waals surface area contributed by atoms with Crippen molar-refractivity contribution in [2.24, 2.45) is 17.9 Å². The van der Waals surface area contributed by atoms with Crippen LogP contribution in [0.3, 0.4) is 0 Å². The summed E-state index contributed by atoms with van der Waals surface area (Å²) in [5.41, 5.74) is 10.1. The highest BCUT2D eigenvalue weighted by Gasteiger charge is 2.23. The van der Waals surface area contributed by atoms with Crippen molar-refractivity contribution >= 4 is 39.2 Å². The van der Waals surface area contributed by atoms with E-state index < -0.39 is 15.9 Å². The molecular weight excluding hydrogens is 374 g/mol. The van der Waals surface area contributed by atoms with E-state index in [4.69, 9.17) is 10.9 Å². The lowest BCUT2D eigenvalue weighted by Crippen LogP contribution is -2.16. The van der Waals surface area contributed by atoms with E-state index in [2.05, 4.69) is 0 Å². The molecule has 0 aliphatic heterocycles. The molecular formula is C18H20ClN3O3S. The summed E-state index contributed by atoms with van der Waals surface area (Å²) >= 11 is 0. The van der Waals surface area contributed by atoms with Crippen molar-refractivity contribution < 1.29 is 13.2 Å². The van der Waals surface area contributed by atoms with Crippen molar-refractivity contribution in [2.45, 2.75) is 18.7 Å². The number of primary sulfonamides is 1. The van der Waals surface area contributed by atoms with Crippen LogP contribution >= 0.6 is 12.4 Å². The summed E-state index contributed by atoms with van der Waals surface area (Å²) in [6.07, 6.45) is 0. The first kappa shape index (κ1) is 20.0. The standard InChI is InChI=1S/C18H19N3O3S.ClH/c1-10-7-8-14-15(11(10)2)16(17(18(19)22)21(14)3)12-5-4-6-13(9-12)25(20,23)24;/h4-9H,1-3H3,(H2,19,22)(H2,20,23,24);1H. The second-order valence-electron chi connectivity index (χ2n) is 6.12. The number of carbonyl (C=O) groups excluding carboxylic acids is 1. The third-order valence-electron chi connectivity index (χ3n) is 4.58. The van der Waals surface area contributed by atoms with Gasteiger partial charge in [0.1, 0.15) is 5.69 Å². The molecule has 6 nitrogen and oxygen atoms in total. The van der Waals surface area contributed by atoms with Gasteiger partial charge in [0.25, 0.3) is 5.91 Å². The van der Waals surface area contributed by atoms with E-state index in [9.17, 15) is 13.2 Å². The quantitative estimate of drug-likeness (QED) is 0.713. The van der Waals surface area contributed by atoms with Crippen molar-refractivity contribution in [1.29, 1.82) is 0 Å². The van der Waals surface area contributed by atoms with E-state index in [1.165, 1.54) is 12.1 Å². The highest BCUT2D eigenvalue weighted by atomic mass is 35.5. The van der Waals surface area contributed by atoms with Gasteiger partial charge < -0.3 is 10.3 Å². The number of aryl methyl sites for hydroxylation is 3. The minimum absolute atomic E-state index is 0. The van der Waals surface area contributed by atoms with Crippen molar-refractivity contribution in [2.75, 3.05) is 0 Å². The number of hydrogen-bond acceptors (Lipinski definition) is 3. The summed E-state index contributed by atoms with van der Waals surface area (Å²) in [5.74, 6) is -0.577. The number of primary amides is 1. The largest absolute Gasteiger partial charge is 0.364 e. The third-order valence-corrected chi connectivity index (χ3v) is 5.49. The van der Waals surface area contributed by atoms with E-state index in [1.807, 2.05) is 26.0 Å². The fourth-order valence-corrected chi connectivity index (χ4v) is 3.76. The molecule has 138 valence electrons. The van der Waals surface area contributed by atoms with Gasteiger partial charge in [-0.25, -0.2) is 13.6 Å². The molecule has 1 aromatic heterocycles. The Morgan fingerprint density at radius 2 is 1.77 bits per heavy atom. The monoisotopic (exact) mass is 393 g/mol. The summed E-state index contributed by atoms with van der Waals surface area (Å²) in [6, 6.07) is 10.1. The van der Waals surface area contributed by atoms with E-state index in [-0.39, 0.29) is 17.3 Å². The van der Waals surface area contributed by atoms with Gasteiger partial charge in [0.15, 0.2) is 0 Å². The lowest BCUT2D eigenvalue weighted by Gasteiger charge is -2.08. The van der Waals surface area contributed by atoms with Gasteiger partial charge in [-0.3, -0.25) is 4.79 Å². The molecule has 4 N–H and O–H groups in total. The Labute approximate surface area is 158 Å². The first-order valence-corrected chi connectivity index (χ1v) is 9.19. The predicted octanol–water partition coefficient (Wildman–Crippen LogP) is 2.63. The van der Waals surface area contributed by atoms with Crippen molar-refractivity contribution in [1.82, 2.24) is 4.57 Å². The van der Waals surface area contributed by atoms with Crippen LogP contribution in [0.25, 0.3) is 22.0 Å². The molecule has 26 heavy (non-hydrogen) atoms. The minimum Gasteiger partial charge on any atom is -0.364 e. The van der Waals surface area contributed by atoms with Crippen LogP contribution in [0.2, 0.25) is 0 Å². The van der Waals surface area contributed by atoms with Gasteiger partial charge in [-0.2, -0.15) is 0 Å². The summed E-state index contributed by atoms with van der Waals surface area (Å²) in [4.78, 5) is 12.1. The van der Waals surface area contributed by atoms with Gasteiger partial charge in [0.2, 0.25) is 10.0 Å². The van der Waals surface area contributed by atoms with E-state index >= 15 is 0 Å². The molecule has 0 aliphatic carbocycles. The highest BCUT2D eigenvalue weighted by Crippen LogP contribution is 2.37. The molecule has 3 aromatic rings. The SMILES string of the molecule is Cc1ccc2c(c1C)c(-c1cccc(S(N)(=O)=O)c1)c(C(N)=O)n2C.Cl. The molecule has 3 rings (SSSR count). The maximum atomic E-state index is 12.1. The normalized spacial score (nSPS) is 11.4. The molecule has 0 aliphatic rings. The summed E-state index contributed by atoms with van der Waals surface area (Å²) in [6.45, 7) is 3.95. The zero-order valence-corrected chi connectivity index (χ0v) is 16.2. The number of aromatic nitrogens is 1. The second-order valence-corrected chi connectivity index (χ2v) is 7.68. The first-order chi connectivity index (χ1) is 11.6. The third kappa shape index (κ3) is 3.09. The lowest BCUT2D eigenvalue weighted by atomic mass is 9.96. The fourth-order valence-electron chi connectivity index (χ4n) is 3.20. The van der Waals surface area contributed by atoms with Gasteiger partial charge >= 0.3 is 0 Å². The highest BCUT2D eigenvalue weighted by molar-refractivity contribution is 7.89. The Kier molecular flexibility index (Phi) is 5.19. The molecule has 1 amide bonds. The van der Waals surface area contributed by atoms with Gasteiger partial charge in [-0.1, -0.05) is 18.2 Å². The number of nitrogens with two attached hydrogens (primary N) is 2. The summed E-state index contributed by atoms with van der Waals surface area (Å²) in [5, 5.41) is 6.13. The Balaban J connectivity index is 0.00000243. The average Bonchev–Trinajstić information content (AvgIpc) is 2.84. The fraction of sp³-hybridized carbons (Fsp3) is 0.167. The van der Waals surface area contributed by atoms with Gasteiger partial charge in [-0.05, 0) is 48.7 Å². The molecule has 0 saturated heterocycles. The van der Waals surface area contributed by atoms with Gasteiger partial charge in [0.05, 0.1) is 4.90 Å². The Morgan fingerprint density at radius 3 is 2.35 bits per heavy atom. The number of fused-ring (bicyclic) bond motifs is 1. The number of sulfonamides is 1. The predicted molar refractivity (Wildman–Crippen MR) is 105 cm³/mol. The van der Waals surface area contributed by atoms with E-state index in [0.29, 0.717) is 16.8 Å². The van der Waals surface area contributed by atoms with Crippen LogP contribution in [0.5, 0.6) is 0 Å². The zero-order valence-electron chi connectivity index (χ0n) is 14.6. The van der Waals surface area contributed by atoms with E-state index in [1.54, 1.807) is 23.7 Å². The average molecular weight is 394 g/mol. The smallest absolute Gasteiger partial charge is 0.266 e. The number of nitrogens with zero attached hydrogens (tertiary/aromatic N) is 1. The van der Waals surface area contributed by atoms with Crippen LogP contribution < -0.4 is 10.9 Å². The molecule has 0 saturated carbocycles. The molecule has 0 radical (unpaired) electrons. The van der Waals surface area contributed by atoms with Crippen LogP contribution in [0.4, 0.5) is 0 Å². The number of rotatable bonds is 3. The molecule has 2 aromatic carbocycles. The Morgan fingerprint density at radius 1 is 1.12 bits per heavy atom. The van der Waals surface area contributed by atoms with E-state index in [0.717, 1.165) is 22.0 Å². The number of carbonyl (C=O) groups is 1. The van der Waals surface area contributed by atoms with Crippen LogP contribution in [0.15, 0.2) is 41.3 Å². The molecule has 8 heteroatoms. The number of hydrogen-bond donors (Lipinski definition) is 2. The summed E-state index contributed by atoms with van der Waals surface area (Å²) < 4.78 is 25.2. The van der Waals surface area contributed by atoms with Crippen LogP contribution in [0, 0.1) is 13.8 Å². The van der Waals surface area contributed by atoms with Gasteiger partial charge in [-0.15, -0.1) is 12.4 Å². The molecule has 0 bridgehead atoms. The van der Waals surface area contributed by atoms with Crippen molar-refractivity contribution in [3.63, 3.8) is 0 Å². The second kappa shape index (κ2) is 6.75. The lowest BCUT2D eigenvalue weighted by molar-refractivity contribution is 0.0993. The van der Waals surface area contributed by atoms with Crippen molar-refractivity contribution in [3.05, 3.63) is 53.2 Å². The number of benzene rings is 2. The van der Waals surface area contributed by atoms with Gasteiger partial charge in [0, 0.05) is 23.5 Å². The molecule has 0 fully saturated rings. The Bertz CT molecular complexity index is 1130. The molecule has 0 atom stereocenters. The zero-order chi connectivity index (χ0) is 18.5. The molecule has 1 heterocycles. The van der Waals surface area contributed by atoms with Crippen LogP contribution in [-0.4, -0.2) is 18.9 Å².